The van der Waals surface area contributed by atoms with Gasteiger partial charge in [0, 0.05) is 13.1 Å². The summed E-state index contributed by atoms with van der Waals surface area (Å²) >= 11 is 0. The molecule has 2 N–H and O–H groups in total. The third kappa shape index (κ3) is 3.31. The lowest BCUT2D eigenvalue weighted by Crippen LogP contribution is -2.12. The Morgan fingerprint density at radius 3 is 2.44 bits per heavy atom. The fraction of sp³-hybridized carbons (Fsp3) is 0.200. The zero-order valence-corrected chi connectivity index (χ0v) is 10.3. The van der Waals surface area contributed by atoms with Crippen molar-refractivity contribution in [3.05, 3.63) is 65.0 Å². The summed E-state index contributed by atoms with van der Waals surface area (Å²) in [6.07, 6.45) is 0. The molecule has 0 amide bonds. The highest BCUT2D eigenvalue weighted by Gasteiger charge is 2.01. The molecular weight excluding hydrogens is 229 g/mol. The van der Waals surface area contributed by atoms with E-state index < -0.39 is 5.82 Å². The molecule has 0 bridgehead atoms. The maximum absolute atomic E-state index is 13.1. The summed E-state index contributed by atoms with van der Waals surface area (Å²) in [5.74, 6) is -0.887. The number of phenolic OH excluding ortho intramolecular Hbond substituents is 1. The van der Waals surface area contributed by atoms with E-state index >= 15 is 0 Å². The van der Waals surface area contributed by atoms with E-state index in [2.05, 4.69) is 30.4 Å². The average Bonchev–Trinajstić information content (AvgIpc) is 2.34. The lowest BCUT2D eigenvalue weighted by atomic mass is 10.1. The molecule has 0 radical (unpaired) electrons. The van der Waals surface area contributed by atoms with Gasteiger partial charge in [-0.1, -0.05) is 35.9 Å². The molecule has 0 aliphatic carbocycles. The Kier molecular flexibility index (Phi) is 3.95. The molecule has 0 fully saturated rings. The molecule has 2 nitrogen and oxygen atoms in total. The number of hydrogen-bond acceptors (Lipinski definition) is 2. The molecule has 0 heterocycles. The summed E-state index contributed by atoms with van der Waals surface area (Å²) in [7, 11) is 0. The van der Waals surface area contributed by atoms with Gasteiger partial charge in [-0.15, -0.1) is 0 Å². The van der Waals surface area contributed by atoms with Gasteiger partial charge in [0.2, 0.25) is 0 Å². The normalized spacial score (nSPS) is 10.6. The van der Waals surface area contributed by atoms with Gasteiger partial charge in [0.05, 0.1) is 0 Å². The third-order valence-electron chi connectivity index (χ3n) is 2.75. The standard InChI is InChI=1S/C15H16FNO/c1-11-3-2-4-12(7-11)9-17-10-13-5-6-15(18)14(16)8-13/h2-8,17-18H,9-10H2,1H3. The first-order chi connectivity index (χ1) is 8.65. The molecule has 0 saturated carbocycles. The van der Waals surface area contributed by atoms with Crippen LogP contribution in [0.1, 0.15) is 16.7 Å². The average molecular weight is 245 g/mol. The molecule has 94 valence electrons. The first-order valence-electron chi connectivity index (χ1n) is 5.89. The number of rotatable bonds is 4. The number of aryl methyl sites for hydroxylation is 1. The zero-order valence-electron chi connectivity index (χ0n) is 10.3. The second-order valence-electron chi connectivity index (χ2n) is 4.38. The van der Waals surface area contributed by atoms with E-state index in [0.717, 1.165) is 12.1 Å². The second kappa shape index (κ2) is 5.65. The molecule has 0 spiro atoms. The Balaban J connectivity index is 1.90. The van der Waals surface area contributed by atoms with E-state index in [-0.39, 0.29) is 5.75 Å². The van der Waals surface area contributed by atoms with Crippen molar-refractivity contribution in [2.24, 2.45) is 0 Å². The summed E-state index contributed by atoms with van der Waals surface area (Å²) in [6, 6.07) is 12.7. The molecule has 0 aliphatic heterocycles. The van der Waals surface area contributed by atoms with Crippen molar-refractivity contribution in [1.29, 1.82) is 0 Å². The van der Waals surface area contributed by atoms with E-state index in [0.29, 0.717) is 6.54 Å². The number of halogens is 1. The van der Waals surface area contributed by atoms with Gasteiger partial charge in [-0.3, -0.25) is 0 Å². The van der Waals surface area contributed by atoms with Crippen LogP contribution in [0.2, 0.25) is 0 Å². The Bertz CT molecular complexity index is 540. The smallest absolute Gasteiger partial charge is 0.165 e. The van der Waals surface area contributed by atoms with Gasteiger partial charge in [-0.25, -0.2) is 4.39 Å². The van der Waals surface area contributed by atoms with Gasteiger partial charge < -0.3 is 10.4 Å². The van der Waals surface area contributed by atoms with Crippen LogP contribution in [0.25, 0.3) is 0 Å². The van der Waals surface area contributed by atoms with Crippen LogP contribution in [-0.2, 0) is 13.1 Å². The molecule has 3 heteroatoms. The van der Waals surface area contributed by atoms with E-state index in [1.165, 1.54) is 23.3 Å². The monoisotopic (exact) mass is 245 g/mol. The quantitative estimate of drug-likeness (QED) is 0.867. The van der Waals surface area contributed by atoms with Gasteiger partial charge in [0.1, 0.15) is 0 Å². The first kappa shape index (κ1) is 12.6. The predicted octanol–water partition coefficient (Wildman–Crippen LogP) is 3.13. The summed E-state index contributed by atoms with van der Waals surface area (Å²) < 4.78 is 13.1. The van der Waals surface area contributed by atoms with Gasteiger partial charge in [0.15, 0.2) is 11.6 Å². The Morgan fingerprint density at radius 1 is 1.06 bits per heavy atom. The highest BCUT2D eigenvalue weighted by molar-refractivity contribution is 5.28. The Morgan fingerprint density at radius 2 is 1.78 bits per heavy atom. The van der Waals surface area contributed by atoms with E-state index in [4.69, 9.17) is 5.11 Å². The molecule has 0 aliphatic rings. The molecule has 0 saturated heterocycles. The molecule has 2 aromatic carbocycles. The van der Waals surface area contributed by atoms with Crippen molar-refractivity contribution in [3.63, 3.8) is 0 Å². The maximum Gasteiger partial charge on any atom is 0.165 e. The highest BCUT2D eigenvalue weighted by Crippen LogP contribution is 2.16. The molecule has 0 atom stereocenters. The van der Waals surface area contributed by atoms with Crippen molar-refractivity contribution in [3.8, 4) is 5.75 Å². The van der Waals surface area contributed by atoms with Gasteiger partial charge in [-0.05, 0) is 30.2 Å². The van der Waals surface area contributed by atoms with Crippen LogP contribution in [0.4, 0.5) is 4.39 Å². The minimum atomic E-state index is -0.579. The van der Waals surface area contributed by atoms with Crippen LogP contribution < -0.4 is 5.32 Å². The Hall–Kier alpha value is -1.87. The molecule has 2 aromatic rings. The van der Waals surface area contributed by atoms with Gasteiger partial charge >= 0.3 is 0 Å². The molecule has 0 unspecified atom stereocenters. The highest BCUT2D eigenvalue weighted by atomic mass is 19.1. The van der Waals surface area contributed by atoms with E-state index in [9.17, 15) is 4.39 Å². The lowest BCUT2D eigenvalue weighted by molar-refractivity contribution is 0.431. The van der Waals surface area contributed by atoms with Crippen LogP contribution in [0.3, 0.4) is 0 Å². The zero-order chi connectivity index (χ0) is 13.0. The van der Waals surface area contributed by atoms with Crippen LogP contribution in [0.5, 0.6) is 5.75 Å². The molecular formula is C15H16FNO. The van der Waals surface area contributed by atoms with Crippen molar-refractivity contribution in [2.75, 3.05) is 0 Å². The second-order valence-corrected chi connectivity index (χ2v) is 4.38. The van der Waals surface area contributed by atoms with Crippen LogP contribution in [0.15, 0.2) is 42.5 Å². The van der Waals surface area contributed by atoms with Crippen LogP contribution >= 0.6 is 0 Å². The van der Waals surface area contributed by atoms with Gasteiger partial charge in [0.25, 0.3) is 0 Å². The number of phenols is 1. The number of hydrogen-bond donors (Lipinski definition) is 2. The number of aromatic hydroxyl groups is 1. The first-order valence-corrected chi connectivity index (χ1v) is 5.89. The summed E-state index contributed by atoms with van der Waals surface area (Å²) in [6.45, 7) is 3.37. The minimum absolute atomic E-state index is 0.308. The fourth-order valence-corrected chi connectivity index (χ4v) is 1.83. The fourth-order valence-electron chi connectivity index (χ4n) is 1.83. The van der Waals surface area contributed by atoms with E-state index in [1.54, 1.807) is 6.07 Å². The minimum Gasteiger partial charge on any atom is -0.505 e. The summed E-state index contributed by atoms with van der Waals surface area (Å²) in [5, 5.41) is 12.3. The largest absolute Gasteiger partial charge is 0.505 e. The lowest BCUT2D eigenvalue weighted by Gasteiger charge is -2.06. The topological polar surface area (TPSA) is 32.3 Å². The number of benzene rings is 2. The van der Waals surface area contributed by atoms with Crippen LogP contribution in [-0.4, -0.2) is 5.11 Å². The molecule has 18 heavy (non-hydrogen) atoms. The third-order valence-corrected chi connectivity index (χ3v) is 2.75. The van der Waals surface area contributed by atoms with E-state index in [1.807, 2.05) is 6.07 Å². The molecule has 0 aromatic heterocycles. The molecule has 2 rings (SSSR count). The predicted molar refractivity (Wildman–Crippen MR) is 69.8 cm³/mol. The van der Waals surface area contributed by atoms with Crippen molar-refractivity contribution in [2.45, 2.75) is 20.0 Å². The summed E-state index contributed by atoms with van der Waals surface area (Å²) in [5.41, 5.74) is 3.25. The van der Waals surface area contributed by atoms with Crippen LogP contribution in [0, 0.1) is 12.7 Å². The summed E-state index contributed by atoms with van der Waals surface area (Å²) in [4.78, 5) is 0. The maximum atomic E-state index is 13.1. The van der Waals surface area contributed by atoms with Gasteiger partial charge in [-0.2, -0.15) is 0 Å². The SMILES string of the molecule is Cc1cccc(CNCc2ccc(O)c(F)c2)c1. The Labute approximate surface area is 106 Å². The van der Waals surface area contributed by atoms with Crippen molar-refractivity contribution >= 4 is 0 Å². The van der Waals surface area contributed by atoms with Crippen molar-refractivity contribution < 1.29 is 9.50 Å². The van der Waals surface area contributed by atoms with Crippen molar-refractivity contribution in [1.82, 2.24) is 5.32 Å². The number of nitrogens with one attached hydrogen (secondary N) is 1.